The first-order chi connectivity index (χ1) is 10.1. The Labute approximate surface area is 133 Å². The van der Waals surface area contributed by atoms with E-state index >= 15 is 0 Å². The molecule has 2 aliphatic rings. The summed E-state index contributed by atoms with van der Waals surface area (Å²) in [4.78, 5) is 15.1. The van der Waals surface area contributed by atoms with E-state index in [0.29, 0.717) is 0 Å². The second-order valence-electron chi connectivity index (χ2n) is 6.10. The molecule has 0 bridgehead atoms. The standard InChI is InChI=1S/C17H20BrNO2/c1-11-12-6-3-4-7-13(12)15(18)16(21-2)14(11)17(19-10-20)8-5-9-17/h3-9H2,1-2H3. The summed E-state index contributed by atoms with van der Waals surface area (Å²) in [5.41, 5.74) is 4.77. The molecule has 0 N–H and O–H groups in total. The molecule has 2 aliphatic carbocycles. The van der Waals surface area contributed by atoms with Crippen LogP contribution < -0.4 is 4.74 Å². The number of hydrogen-bond donors (Lipinski definition) is 0. The molecule has 0 spiro atoms. The number of halogens is 1. The molecule has 0 radical (unpaired) electrons. The van der Waals surface area contributed by atoms with Crippen LogP contribution in [-0.2, 0) is 23.2 Å². The Bertz CT molecular complexity index is 628. The van der Waals surface area contributed by atoms with Gasteiger partial charge in [0.1, 0.15) is 11.3 Å². The summed E-state index contributed by atoms with van der Waals surface area (Å²) in [7, 11) is 1.70. The van der Waals surface area contributed by atoms with E-state index in [0.717, 1.165) is 47.9 Å². The number of methoxy groups -OCH3 is 1. The third-order valence-electron chi connectivity index (χ3n) is 5.10. The Hall–Kier alpha value is -1.12. The molecule has 0 unspecified atom stereocenters. The van der Waals surface area contributed by atoms with Gasteiger partial charge >= 0.3 is 0 Å². The molecule has 0 aromatic heterocycles. The lowest BCUT2D eigenvalue weighted by Gasteiger charge is -2.40. The van der Waals surface area contributed by atoms with Gasteiger partial charge in [-0.15, -0.1) is 0 Å². The third kappa shape index (κ3) is 2.16. The fourth-order valence-corrected chi connectivity index (χ4v) is 4.70. The van der Waals surface area contributed by atoms with Crippen molar-refractivity contribution in [2.24, 2.45) is 4.99 Å². The Morgan fingerprint density at radius 3 is 2.38 bits per heavy atom. The van der Waals surface area contributed by atoms with Gasteiger partial charge in [0, 0.05) is 5.56 Å². The highest BCUT2D eigenvalue weighted by Gasteiger charge is 2.44. The fourth-order valence-electron chi connectivity index (χ4n) is 3.90. The van der Waals surface area contributed by atoms with Crippen molar-refractivity contribution in [1.82, 2.24) is 0 Å². The minimum atomic E-state index is -0.411. The maximum Gasteiger partial charge on any atom is 0.235 e. The van der Waals surface area contributed by atoms with E-state index in [1.54, 1.807) is 13.2 Å². The van der Waals surface area contributed by atoms with Gasteiger partial charge in [0.05, 0.1) is 11.6 Å². The van der Waals surface area contributed by atoms with Crippen LogP contribution in [0.2, 0.25) is 0 Å². The van der Waals surface area contributed by atoms with Crippen molar-refractivity contribution in [1.29, 1.82) is 0 Å². The number of fused-ring (bicyclic) bond motifs is 1. The molecule has 0 amide bonds. The van der Waals surface area contributed by atoms with E-state index in [4.69, 9.17) is 4.74 Å². The van der Waals surface area contributed by atoms with Gasteiger partial charge in [-0.25, -0.2) is 4.79 Å². The Morgan fingerprint density at radius 2 is 1.86 bits per heavy atom. The van der Waals surface area contributed by atoms with Crippen molar-refractivity contribution in [3.8, 4) is 5.75 Å². The number of aliphatic imine (C=N–C) groups is 1. The first-order valence-corrected chi connectivity index (χ1v) is 8.41. The molecular formula is C17H20BrNO2. The van der Waals surface area contributed by atoms with Crippen molar-refractivity contribution in [2.75, 3.05) is 7.11 Å². The molecule has 112 valence electrons. The monoisotopic (exact) mass is 349 g/mol. The minimum absolute atomic E-state index is 0.411. The number of benzene rings is 1. The molecule has 0 saturated heterocycles. The molecule has 4 heteroatoms. The Kier molecular flexibility index (Phi) is 3.94. The first-order valence-electron chi connectivity index (χ1n) is 7.62. The van der Waals surface area contributed by atoms with E-state index < -0.39 is 5.54 Å². The van der Waals surface area contributed by atoms with Crippen molar-refractivity contribution in [2.45, 2.75) is 57.4 Å². The molecular weight excluding hydrogens is 330 g/mol. The fraction of sp³-hybridized carbons (Fsp3) is 0.588. The van der Waals surface area contributed by atoms with Gasteiger partial charge in [0.25, 0.3) is 0 Å². The highest BCUT2D eigenvalue weighted by molar-refractivity contribution is 9.10. The van der Waals surface area contributed by atoms with Gasteiger partial charge < -0.3 is 4.74 Å². The van der Waals surface area contributed by atoms with Crippen LogP contribution >= 0.6 is 15.9 Å². The van der Waals surface area contributed by atoms with Gasteiger partial charge in [0.2, 0.25) is 6.08 Å². The Morgan fingerprint density at radius 1 is 1.19 bits per heavy atom. The number of hydrogen-bond acceptors (Lipinski definition) is 3. The summed E-state index contributed by atoms with van der Waals surface area (Å²) in [6, 6.07) is 0. The summed E-state index contributed by atoms with van der Waals surface area (Å²) in [6.07, 6.45) is 9.37. The van der Waals surface area contributed by atoms with Crippen LogP contribution in [0.1, 0.15) is 54.4 Å². The van der Waals surface area contributed by atoms with Gasteiger partial charge in [-0.05, 0) is 84.5 Å². The maximum atomic E-state index is 10.9. The lowest BCUT2D eigenvalue weighted by molar-refractivity contribution is 0.244. The molecule has 0 aliphatic heterocycles. The summed E-state index contributed by atoms with van der Waals surface area (Å²) in [5.74, 6) is 0.867. The Balaban J connectivity index is 2.29. The molecule has 1 aromatic carbocycles. The SMILES string of the molecule is COc1c(Br)c2c(c(C)c1C1(N=C=O)CCC1)CCCC2. The molecule has 0 atom stereocenters. The number of nitrogens with zero attached hydrogens (tertiary/aromatic N) is 1. The number of carbonyl (C=O) groups excluding carboxylic acids is 1. The summed E-state index contributed by atoms with van der Waals surface area (Å²) >= 11 is 3.74. The van der Waals surface area contributed by atoms with Crippen molar-refractivity contribution in [3.05, 3.63) is 26.7 Å². The summed E-state index contributed by atoms with van der Waals surface area (Å²) < 4.78 is 6.78. The van der Waals surface area contributed by atoms with E-state index in [1.807, 2.05) is 0 Å². The zero-order valence-electron chi connectivity index (χ0n) is 12.6. The number of isocyanates is 1. The summed E-state index contributed by atoms with van der Waals surface area (Å²) in [5, 5.41) is 0. The second-order valence-corrected chi connectivity index (χ2v) is 6.89. The van der Waals surface area contributed by atoms with Crippen LogP contribution in [-0.4, -0.2) is 13.2 Å². The molecule has 1 aromatic rings. The highest BCUT2D eigenvalue weighted by Crippen LogP contribution is 2.53. The van der Waals surface area contributed by atoms with E-state index in [1.165, 1.54) is 29.5 Å². The maximum absolute atomic E-state index is 10.9. The average Bonchev–Trinajstić information content (AvgIpc) is 2.47. The van der Waals surface area contributed by atoms with Crippen LogP contribution in [0.15, 0.2) is 9.47 Å². The number of rotatable bonds is 3. The van der Waals surface area contributed by atoms with Gasteiger partial charge in [-0.2, -0.15) is 4.99 Å². The minimum Gasteiger partial charge on any atom is -0.495 e. The lowest BCUT2D eigenvalue weighted by Crippen LogP contribution is -2.34. The third-order valence-corrected chi connectivity index (χ3v) is 5.94. The normalized spacial score (nSPS) is 19.2. The topological polar surface area (TPSA) is 38.7 Å². The predicted molar refractivity (Wildman–Crippen MR) is 85.7 cm³/mol. The van der Waals surface area contributed by atoms with Gasteiger partial charge in [-0.3, -0.25) is 0 Å². The van der Waals surface area contributed by atoms with Crippen molar-refractivity contribution in [3.63, 3.8) is 0 Å². The second kappa shape index (κ2) is 5.58. The molecule has 1 saturated carbocycles. The average molecular weight is 350 g/mol. The van der Waals surface area contributed by atoms with Gasteiger partial charge in [-0.1, -0.05) is 0 Å². The van der Waals surface area contributed by atoms with Crippen LogP contribution in [0.25, 0.3) is 0 Å². The quantitative estimate of drug-likeness (QED) is 0.600. The van der Waals surface area contributed by atoms with Crippen LogP contribution in [0.5, 0.6) is 5.75 Å². The number of ether oxygens (including phenoxy) is 1. The van der Waals surface area contributed by atoms with E-state index in [9.17, 15) is 4.79 Å². The van der Waals surface area contributed by atoms with Gasteiger partial charge in [0.15, 0.2) is 0 Å². The highest BCUT2D eigenvalue weighted by atomic mass is 79.9. The predicted octanol–water partition coefficient (Wildman–Crippen LogP) is 4.36. The first kappa shape index (κ1) is 14.8. The molecule has 21 heavy (non-hydrogen) atoms. The molecule has 0 heterocycles. The van der Waals surface area contributed by atoms with Crippen LogP contribution in [0.3, 0.4) is 0 Å². The zero-order chi connectivity index (χ0) is 15.0. The van der Waals surface area contributed by atoms with Crippen molar-refractivity contribution < 1.29 is 9.53 Å². The lowest BCUT2D eigenvalue weighted by atomic mass is 9.69. The van der Waals surface area contributed by atoms with Crippen molar-refractivity contribution >= 4 is 22.0 Å². The summed E-state index contributed by atoms with van der Waals surface area (Å²) in [6.45, 7) is 2.16. The van der Waals surface area contributed by atoms with E-state index in [2.05, 4.69) is 27.8 Å². The molecule has 1 fully saturated rings. The zero-order valence-corrected chi connectivity index (χ0v) is 14.2. The van der Waals surface area contributed by atoms with Crippen LogP contribution in [0, 0.1) is 6.92 Å². The van der Waals surface area contributed by atoms with Crippen LogP contribution in [0.4, 0.5) is 0 Å². The largest absolute Gasteiger partial charge is 0.495 e. The molecule has 3 rings (SSSR count). The molecule has 3 nitrogen and oxygen atoms in total. The van der Waals surface area contributed by atoms with E-state index in [-0.39, 0.29) is 0 Å². The smallest absolute Gasteiger partial charge is 0.235 e.